The lowest BCUT2D eigenvalue weighted by molar-refractivity contribution is -0.112. The molecule has 0 saturated heterocycles. The number of hydrogen-bond donors (Lipinski definition) is 0. The van der Waals surface area contributed by atoms with Crippen molar-refractivity contribution in [3.63, 3.8) is 0 Å². The van der Waals surface area contributed by atoms with Gasteiger partial charge in [0.1, 0.15) is 11.5 Å². The molecule has 0 unspecified atom stereocenters. The van der Waals surface area contributed by atoms with E-state index in [4.69, 9.17) is 14.7 Å². The quantitative estimate of drug-likeness (QED) is 0.488. The average molecular weight is 392 g/mol. The highest BCUT2D eigenvalue weighted by atomic mass is 16.5. The lowest BCUT2D eigenvalue weighted by Gasteiger charge is -2.11. The van der Waals surface area contributed by atoms with Crippen LogP contribution in [-0.4, -0.2) is 43.1 Å². The molecule has 1 aliphatic heterocycles. The molecule has 5 heteroatoms. The zero-order chi connectivity index (χ0) is 21.0. The van der Waals surface area contributed by atoms with Gasteiger partial charge in [-0.25, -0.2) is 9.98 Å². The largest absolute Gasteiger partial charge is 0.494 e. The fourth-order valence-corrected chi connectivity index (χ4v) is 3.64. The molecule has 1 heterocycles. The SMILES string of the molecule is C=C/C=C(\C=C(\C)CC1=C2N=C(N(C)C)N=C2C2=CCCC=C(C2)C1=O)OCC. The Kier molecular flexibility index (Phi) is 6.47. The number of fused-ring (bicyclic) bond motifs is 4. The van der Waals surface area contributed by atoms with E-state index in [0.717, 1.165) is 41.0 Å². The Labute approximate surface area is 173 Å². The van der Waals surface area contributed by atoms with Gasteiger partial charge in [-0.15, -0.1) is 0 Å². The molecule has 0 fully saturated rings. The van der Waals surface area contributed by atoms with Crippen LogP contribution in [0.15, 0.2) is 80.7 Å². The smallest absolute Gasteiger partial charge is 0.226 e. The van der Waals surface area contributed by atoms with E-state index in [1.807, 2.05) is 45.0 Å². The van der Waals surface area contributed by atoms with E-state index in [1.54, 1.807) is 6.08 Å². The van der Waals surface area contributed by atoms with Crippen LogP contribution in [0.5, 0.6) is 0 Å². The third-order valence-electron chi connectivity index (χ3n) is 4.97. The number of nitrogens with zero attached hydrogens (tertiary/aromatic N) is 3. The highest BCUT2D eigenvalue weighted by molar-refractivity contribution is 6.27. The van der Waals surface area contributed by atoms with E-state index in [2.05, 4.69) is 18.7 Å². The Morgan fingerprint density at radius 3 is 2.62 bits per heavy atom. The molecule has 0 amide bonds. The maximum atomic E-state index is 13.4. The minimum atomic E-state index is 0.0835. The fraction of sp³-hybridized carbons (Fsp3) is 0.375. The number of ether oxygens (including phenoxy) is 1. The number of Topliss-reactive ketones (excluding diaryl/α,β-unsaturated/α-hetero) is 1. The van der Waals surface area contributed by atoms with E-state index in [9.17, 15) is 4.79 Å². The van der Waals surface area contributed by atoms with Crippen LogP contribution in [0.25, 0.3) is 0 Å². The molecule has 2 bridgehead atoms. The summed E-state index contributed by atoms with van der Waals surface area (Å²) in [5.41, 5.74) is 5.26. The first-order valence-electron chi connectivity index (χ1n) is 10.1. The molecule has 3 rings (SSSR count). The summed E-state index contributed by atoms with van der Waals surface area (Å²) in [6.07, 6.45) is 12.7. The second kappa shape index (κ2) is 9.03. The van der Waals surface area contributed by atoms with E-state index < -0.39 is 0 Å². The van der Waals surface area contributed by atoms with Gasteiger partial charge in [0.05, 0.1) is 12.3 Å². The minimum absolute atomic E-state index is 0.0835. The number of ketones is 1. The summed E-state index contributed by atoms with van der Waals surface area (Å²) < 4.78 is 5.65. The zero-order valence-corrected chi connectivity index (χ0v) is 17.8. The Morgan fingerprint density at radius 2 is 1.97 bits per heavy atom. The molecule has 0 spiro atoms. The van der Waals surface area contributed by atoms with Crippen molar-refractivity contribution in [2.75, 3.05) is 20.7 Å². The molecule has 0 atom stereocenters. The second-order valence-electron chi connectivity index (χ2n) is 7.54. The van der Waals surface area contributed by atoms with E-state index >= 15 is 0 Å². The summed E-state index contributed by atoms with van der Waals surface area (Å²) in [7, 11) is 3.84. The monoisotopic (exact) mass is 391 g/mol. The summed E-state index contributed by atoms with van der Waals surface area (Å²) in [4.78, 5) is 24.8. The van der Waals surface area contributed by atoms with Crippen molar-refractivity contribution in [2.45, 2.75) is 39.5 Å². The first kappa shape index (κ1) is 20.8. The Morgan fingerprint density at radius 1 is 1.24 bits per heavy atom. The van der Waals surface area contributed by atoms with Crippen LogP contribution in [0.1, 0.15) is 39.5 Å². The summed E-state index contributed by atoms with van der Waals surface area (Å²) in [6, 6.07) is 0. The number of allylic oxidation sites excluding steroid dienone is 9. The first-order chi connectivity index (χ1) is 13.9. The van der Waals surface area contributed by atoms with Gasteiger partial charge in [0.2, 0.25) is 5.96 Å². The molecule has 0 aromatic heterocycles. The van der Waals surface area contributed by atoms with Crippen LogP contribution in [-0.2, 0) is 9.53 Å². The maximum Gasteiger partial charge on any atom is 0.226 e. The molecule has 0 aromatic rings. The average Bonchev–Trinajstić information content (AvgIpc) is 2.93. The van der Waals surface area contributed by atoms with Gasteiger partial charge in [-0.1, -0.05) is 30.4 Å². The van der Waals surface area contributed by atoms with Crippen molar-refractivity contribution in [2.24, 2.45) is 9.98 Å². The van der Waals surface area contributed by atoms with Gasteiger partial charge in [-0.3, -0.25) is 4.79 Å². The van der Waals surface area contributed by atoms with Crippen molar-refractivity contribution in [3.05, 3.63) is 70.7 Å². The van der Waals surface area contributed by atoms with Crippen LogP contribution in [0, 0.1) is 0 Å². The van der Waals surface area contributed by atoms with Gasteiger partial charge in [0, 0.05) is 31.7 Å². The van der Waals surface area contributed by atoms with E-state index in [-0.39, 0.29) is 5.78 Å². The Balaban J connectivity index is 2.07. The molecule has 29 heavy (non-hydrogen) atoms. The number of hydrogen-bond acceptors (Lipinski definition) is 5. The fourth-order valence-electron chi connectivity index (χ4n) is 3.64. The molecule has 0 aromatic carbocycles. The third kappa shape index (κ3) is 4.56. The van der Waals surface area contributed by atoms with E-state index in [0.29, 0.717) is 36.7 Å². The third-order valence-corrected chi connectivity index (χ3v) is 4.97. The topological polar surface area (TPSA) is 54.3 Å². The maximum absolute atomic E-state index is 13.4. The van der Waals surface area contributed by atoms with Gasteiger partial charge in [-0.2, -0.15) is 0 Å². The molecule has 0 saturated carbocycles. The van der Waals surface area contributed by atoms with Crippen LogP contribution >= 0.6 is 0 Å². The molecule has 0 N–H and O–H groups in total. The van der Waals surface area contributed by atoms with Gasteiger partial charge in [-0.05, 0) is 50.8 Å². The van der Waals surface area contributed by atoms with Crippen molar-refractivity contribution >= 4 is 17.5 Å². The Bertz CT molecular complexity index is 937. The predicted molar refractivity (Wildman–Crippen MR) is 119 cm³/mol. The minimum Gasteiger partial charge on any atom is -0.494 e. The van der Waals surface area contributed by atoms with Crippen LogP contribution in [0.4, 0.5) is 0 Å². The number of aliphatic imine (C=N–C) groups is 2. The van der Waals surface area contributed by atoms with E-state index in [1.165, 1.54) is 0 Å². The number of guanidine groups is 1. The summed E-state index contributed by atoms with van der Waals surface area (Å²) in [5, 5.41) is 0. The van der Waals surface area contributed by atoms with Gasteiger partial charge >= 0.3 is 0 Å². The Hall–Kier alpha value is -2.95. The number of carbonyl (C=O) groups is 1. The summed E-state index contributed by atoms with van der Waals surface area (Å²) in [5.74, 6) is 1.46. The second-order valence-corrected chi connectivity index (χ2v) is 7.54. The molecule has 0 radical (unpaired) electrons. The number of carbonyl (C=O) groups excluding carboxylic acids is 1. The molecule has 5 nitrogen and oxygen atoms in total. The molecule has 3 aliphatic rings. The van der Waals surface area contributed by atoms with Gasteiger partial charge in [0.25, 0.3) is 0 Å². The van der Waals surface area contributed by atoms with Crippen LogP contribution in [0.3, 0.4) is 0 Å². The standard InChI is InChI=1S/C24H29N3O2/c1-6-10-19(29-7-2)13-16(3)14-20-22-21(25-24(26-22)27(4)5)17-11-8-9-12-18(15-17)23(20)28/h6,10-13H,1,7-9,14-15H2,2-5H3/b16-13-,19-10+. The lowest BCUT2D eigenvalue weighted by Crippen LogP contribution is -2.18. The van der Waals surface area contributed by atoms with Crippen molar-refractivity contribution in [1.82, 2.24) is 4.90 Å². The van der Waals surface area contributed by atoms with Gasteiger partial charge in [0.15, 0.2) is 5.78 Å². The van der Waals surface area contributed by atoms with Crippen molar-refractivity contribution in [3.8, 4) is 0 Å². The normalized spacial score (nSPS) is 19.5. The number of rotatable bonds is 6. The molecular formula is C24H29N3O2. The summed E-state index contributed by atoms with van der Waals surface area (Å²) in [6.45, 7) is 8.27. The lowest BCUT2D eigenvalue weighted by atomic mass is 9.95. The summed E-state index contributed by atoms with van der Waals surface area (Å²) >= 11 is 0. The van der Waals surface area contributed by atoms with Crippen molar-refractivity contribution in [1.29, 1.82) is 0 Å². The van der Waals surface area contributed by atoms with Gasteiger partial charge < -0.3 is 9.64 Å². The highest BCUT2D eigenvalue weighted by Gasteiger charge is 2.33. The first-order valence-corrected chi connectivity index (χ1v) is 10.1. The zero-order valence-electron chi connectivity index (χ0n) is 17.8. The van der Waals surface area contributed by atoms with Crippen LogP contribution < -0.4 is 0 Å². The van der Waals surface area contributed by atoms with Crippen molar-refractivity contribution < 1.29 is 9.53 Å². The predicted octanol–water partition coefficient (Wildman–Crippen LogP) is 4.67. The highest BCUT2D eigenvalue weighted by Crippen LogP contribution is 2.35. The molecular weight excluding hydrogens is 362 g/mol. The molecule has 152 valence electrons. The van der Waals surface area contributed by atoms with Crippen LogP contribution in [0.2, 0.25) is 0 Å². The molecule has 2 aliphatic carbocycles.